The number of aliphatic hydroxyl groups excluding tert-OH is 2. The molecule has 0 aromatic heterocycles. The van der Waals surface area contributed by atoms with Crippen LogP contribution in [0.4, 0.5) is 0 Å². The number of nitrogens with one attached hydrogen (secondary N) is 1. The minimum atomic E-state index is -0.661. The van der Waals surface area contributed by atoms with E-state index in [9.17, 15) is 19.8 Å². The van der Waals surface area contributed by atoms with Crippen LogP contribution >= 0.6 is 0 Å². The fourth-order valence-electron chi connectivity index (χ4n) is 11.3. The van der Waals surface area contributed by atoms with Crippen LogP contribution in [0.1, 0.15) is 393 Å². The van der Waals surface area contributed by atoms with Gasteiger partial charge >= 0.3 is 5.97 Å². The second-order valence-electron chi connectivity index (χ2n) is 24.9. The molecular weight excluding hydrogens is 995 g/mol. The third-order valence-electron chi connectivity index (χ3n) is 16.8. The molecule has 0 aliphatic carbocycles. The zero-order valence-corrected chi connectivity index (χ0v) is 54.5. The third-order valence-corrected chi connectivity index (χ3v) is 16.8. The molecule has 476 valence electrons. The van der Waals surface area contributed by atoms with Crippen molar-refractivity contribution in [3.8, 4) is 0 Å². The summed E-state index contributed by atoms with van der Waals surface area (Å²) < 4.78 is 5.48. The molecule has 0 heterocycles. The van der Waals surface area contributed by atoms with Crippen molar-refractivity contribution in [3.05, 3.63) is 48.6 Å². The lowest BCUT2D eigenvalue weighted by atomic mass is 10.0. The zero-order chi connectivity index (χ0) is 58.5. The first-order valence-electron chi connectivity index (χ1n) is 36.4. The van der Waals surface area contributed by atoms with Crippen molar-refractivity contribution in [2.75, 3.05) is 13.2 Å². The van der Waals surface area contributed by atoms with Gasteiger partial charge in [-0.05, 0) is 83.5 Å². The second kappa shape index (κ2) is 70.3. The van der Waals surface area contributed by atoms with Gasteiger partial charge in [0.2, 0.25) is 5.91 Å². The van der Waals surface area contributed by atoms with Crippen LogP contribution in [0.25, 0.3) is 0 Å². The Balaban J connectivity index is 3.34. The highest BCUT2D eigenvalue weighted by Gasteiger charge is 2.20. The van der Waals surface area contributed by atoms with Crippen LogP contribution in [-0.4, -0.2) is 47.4 Å². The van der Waals surface area contributed by atoms with Crippen LogP contribution in [0.3, 0.4) is 0 Å². The Hall–Kier alpha value is -2.18. The largest absolute Gasteiger partial charge is 0.466 e. The van der Waals surface area contributed by atoms with E-state index in [1.165, 1.54) is 302 Å². The fourth-order valence-corrected chi connectivity index (χ4v) is 11.3. The summed E-state index contributed by atoms with van der Waals surface area (Å²) in [7, 11) is 0. The van der Waals surface area contributed by atoms with Gasteiger partial charge in [-0.3, -0.25) is 9.59 Å². The molecule has 0 spiro atoms. The van der Waals surface area contributed by atoms with Crippen molar-refractivity contribution in [1.82, 2.24) is 5.32 Å². The van der Waals surface area contributed by atoms with Gasteiger partial charge in [0.1, 0.15) is 0 Å². The zero-order valence-electron chi connectivity index (χ0n) is 54.5. The van der Waals surface area contributed by atoms with Gasteiger partial charge in [-0.1, -0.05) is 345 Å². The number of hydrogen-bond acceptors (Lipinski definition) is 5. The highest BCUT2D eigenvalue weighted by atomic mass is 16.5. The van der Waals surface area contributed by atoms with Gasteiger partial charge in [-0.25, -0.2) is 0 Å². The number of carbonyl (C=O) groups excluding carboxylic acids is 2. The lowest BCUT2D eigenvalue weighted by Crippen LogP contribution is -2.45. The minimum absolute atomic E-state index is 0.00487. The Morgan fingerprint density at radius 2 is 0.642 bits per heavy atom. The minimum Gasteiger partial charge on any atom is -0.466 e. The average molecular weight is 1140 g/mol. The standard InChI is InChI=1S/C75H141NO5/c1-3-5-7-9-11-13-15-44-49-53-57-61-65-69-75(80)81-70-66-62-58-54-50-46-43-41-39-37-35-33-31-29-27-25-23-21-19-17-18-20-22-24-26-28-30-32-34-36-38-40-42-45-48-52-56-60-64-68-74(79)76-72(71-77)73(78)67-63-59-55-51-47-16-14-12-10-8-6-4-2/h7,9,13,15,17-18,21,23,72-73,77-78H,3-6,8,10-12,14,16,19-20,22,24-71H2,1-2H3,(H,76,79)/b9-7-,15-13-,18-17-,23-21-. The number of amides is 1. The van der Waals surface area contributed by atoms with E-state index >= 15 is 0 Å². The quantitative estimate of drug-likeness (QED) is 0.0320. The van der Waals surface area contributed by atoms with Gasteiger partial charge in [0.25, 0.3) is 0 Å². The molecular formula is C75H141NO5. The summed E-state index contributed by atoms with van der Waals surface area (Å²) in [5, 5.41) is 23.3. The molecule has 0 aliphatic heterocycles. The maximum atomic E-state index is 12.5. The predicted octanol–water partition coefficient (Wildman–Crippen LogP) is 23.6. The van der Waals surface area contributed by atoms with E-state index in [1.807, 2.05) is 0 Å². The van der Waals surface area contributed by atoms with Gasteiger partial charge in [0.05, 0.1) is 25.4 Å². The third kappa shape index (κ3) is 66.8. The van der Waals surface area contributed by atoms with E-state index in [1.54, 1.807) is 0 Å². The molecule has 2 atom stereocenters. The maximum Gasteiger partial charge on any atom is 0.305 e. The number of rotatable bonds is 68. The number of ether oxygens (including phenoxy) is 1. The molecule has 0 rings (SSSR count). The van der Waals surface area contributed by atoms with Crippen molar-refractivity contribution in [2.24, 2.45) is 0 Å². The molecule has 6 heteroatoms. The van der Waals surface area contributed by atoms with Crippen LogP contribution in [0.2, 0.25) is 0 Å². The van der Waals surface area contributed by atoms with Crippen molar-refractivity contribution in [2.45, 2.75) is 405 Å². The molecule has 3 N–H and O–H groups in total. The molecule has 0 saturated carbocycles. The first-order chi connectivity index (χ1) is 40.0. The fraction of sp³-hybridized carbons (Fsp3) is 0.867. The highest BCUT2D eigenvalue weighted by molar-refractivity contribution is 5.76. The molecule has 81 heavy (non-hydrogen) atoms. The van der Waals surface area contributed by atoms with E-state index in [2.05, 4.69) is 67.8 Å². The molecule has 0 aromatic carbocycles. The molecule has 0 radical (unpaired) electrons. The Bertz CT molecular complexity index is 1360. The summed E-state index contributed by atoms with van der Waals surface area (Å²) in [5.41, 5.74) is 0. The molecule has 0 saturated heterocycles. The van der Waals surface area contributed by atoms with Crippen LogP contribution in [0, 0.1) is 0 Å². The van der Waals surface area contributed by atoms with E-state index in [0.717, 1.165) is 57.8 Å². The summed E-state index contributed by atoms with van der Waals surface area (Å²) in [4.78, 5) is 24.5. The molecule has 0 aliphatic rings. The predicted molar refractivity (Wildman–Crippen MR) is 356 cm³/mol. The molecule has 1 amide bonds. The summed E-state index contributed by atoms with van der Waals surface area (Å²) in [5.74, 6) is -0.0260. The normalized spacial score (nSPS) is 12.8. The van der Waals surface area contributed by atoms with E-state index in [4.69, 9.17) is 4.74 Å². The Morgan fingerprint density at radius 3 is 0.988 bits per heavy atom. The van der Waals surface area contributed by atoms with Crippen molar-refractivity contribution in [1.29, 1.82) is 0 Å². The van der Waals surface area contributed by atoms with E-state index < -0.39 is 12.1 Å². The molecule has 6 nitrogen and oxygen atoms in total. The van der Waals surface area contributed by atoms with Gasteiger partial charge in [0.15, 0.2) is 0 Å². The summed E-state index contributed by atoms with van der Waals surface area (Å²) in [6.45, 7) is 4.90. The number of esters is 1. The van der Waals surface area contributed by atoms with Crippen molar-refractivity contribution >= 4 is 11.9 Å². The first-order valence-corrected chi connectivity index (χ1v) is 36.4. The lowest BCUT2D eigenvalue weighted by molar-refractivity contribution is -0.143. The van der Waals surface area contributed by atoms with Gasteiger partial charge in [-0.15, -0.1) is 0 Å². The molecule has 2 unspecified atom stereocenters. The topological polar surface area (TPSA) is 95.9 Å². The maximum absolute atomic E-state index is 12.5. The Labute approximate surface area is 506 Å². The van der Waals surface area contributed by atoms with Crippen LogP contribution in [0.15, 0.2) is 48.6 Å². The number of aliphatic hydroxyl groups is 2. The second-order valence-corrected chi connectivity index (χ2v) is 24.9. The number of allylic oxidation sites excluding steroid dienone is 8. The van der Waals surface area contributed by atoms with Crippen LogP contribution < -0.4 is 5.32 Å². The van der Waals surface area contributed by atoms with E-state index in [-0.39, 0.29) is 18.5 Å². The molecule has 0 bridgehead atoms. The SMILES string of the molecule is CCC/C=C\C/C=C\CCCCCCCC(=O)OCCCCCCCCCCCCCCCCC/C=C\C/C=C\CCCCCCCCCCCCCCCCCCCC(=O)NC(CO)C(O)CCCCCCCCCCCCCC. The first kappa shape index (κ1) is 78.8. The van der Waals surface area contributed by atoms with Gasteiger partial charge in [0, 0.05) is 12.8 Å². The Kier molecular flexibility index (Phi) is 68.4. The average Bonchev–Trinajstić information content (AvgIpc) is 3.47. The highest BCUT2D eigenvalue weighted by Crippen LogP contribution is 2.19. The van der Waals surface area contributed by atoms with Crippen LogP contribution in [-0.2, 0) is 14.3 Å². The molecule has 0 fully saturated rings. The lowest BCUT2D eigenvalue weighted by Gasteiger charge is -2.22. The van der Waals surface area contributed by atoms with E-state index in [0.29, 0.717) is 25.9 Å². The number of hydrogen-bond donors (Lipinski definition) is 3. The number of carbonyl (C=O) groups is 2. The Morgan fingerprint density at radius 1 is 0.346 bits per heavy atom. The summed E-state index contributed by atoms with van der Waals surface area (Å²) in [6.07, 6.45) is 91.9. The summed E-state index contributed by atoms with van der Waals surface area (Å²) >= 11 is 0. The van der Waals surface area contributed by atoms with Crippen molar-refractivity contribution < 1.29 is 24.5 Å². The number of unbranched alkanes of at least 4 members (excludes halogenated alkanes) is 49. The van der Waals surface area contributed by atoms with Crippen molar-refractivity contribution in [3.63, 3.8) is 0 Å². The van der Waals surface area contributed by atoms with Gasteiger partial charge < -0.3 is 20.3 Å². The van der Waals surface area contributed by atoms with Gasteiger partial charge in [-0.2, -0.15) is 0 Å². The smallest absolute Gasteiger partial charge is 0.305 e. The monoisotopic (exact) mass is 1140 g/mol. The van der Waals surface area contributed by atoms with Crippen LogP contribution in [0.5, 0.6) is 0 Å². The molecule has 0 aromatic rings. The summed E-state index contributed by atoms with van der Waals surface area (Å²) in [6, 6.07) is -0.538.